The maximum Gasteiger partial charge on any atom is 0.0681 e. The van der Waals surface area contributed by atoms with Gasteiger partial charge >= 0.3 is 0 Å². The van der Waals surface area contributed by atoms with Gasteiger partial charge in [0.2, 0.25) is 0 Å². The van der Waals surface area contributed by atoms with Gasteiger partial charge in [-0.15, -0.1) is 0 Å². The van der Waals surface area contributed by atoms with Gasteiger partial charge in [0, 0.05) is 0 Å². The summed E-state index contributed by atoms with van der Waals surface area (Å²) in [4.78, 5) is 23.5. The maximum atomic E-state index is 11.8. The number of carbonyl (C=O) groups excluding carboxylic acids is 2. The zero-order chi connectivity index (χ0) is 18.5. The van der Waals surface area contributed by atoms with E-state index in [1.54, 1.807) is 0 Å². The van der Waals surface area contributed by atoms with Gasteiger partial charge in [0.25, 0.3) is 0 Å². The van der Waals surface area contributed by atoms with Crippen LogP contribution >= 0.6 is 0 Å². The monoisotopic (exact) mass is 338 g/mol. The predicted octanol–water partition coefficient (Wildman–Crippen LogP) is 3.00. The van der Waals surface area contributed by atoms with Crippen molar-refractivity contribution >= 4 is 11.9 Å². The first-order valence-electron chi connectivity index (χ1n) is 9.61. The number of carboxylic acid groups (broad SMARTS) is 2. The summed E-state index contributed by atoms with van der Waals surface area (Å²) in [6.45, 7) is 7.99. The van der Waals surface area contributed by atoms with Crippen molar-refractivity contribution in [3.05, 3.63) is 11.1 Å². The Hall–Kier alpha value is -1.32. The van der Waals surface area contributed by atoms with Gasteiger partial charge in [-0.1, -0.05) is 66.2 Å². The van der Waals surface area contributed by atoms with Crippen LogP contribution in [0.1, 0.15) is 91.9 Å². The topological polar surface area (TPSA) is 80.3 Å². The molecule has 0 N–H and O–H groups in total. The van der Waals surface area contributed by atoms with E-state index in [1.807, 2.05) is 13.8 Å². The number of aliphatic carboxylic acids is 2. The number of carboxylic acids is 2. The highest BCUT2D eigenvalue weighted by Gasteiger charge is 2.23. The lowest BCUT2D eigenvalue weighted by Gasteiger charge is -2.29. The maximum absolute atomic E-state index is 11.8. The summed E-state index contributed by atoms with van der Waals surface area (Å²) in [6.07, 6.45) is 8.52. The van der Waals surface area contributed by atoms with E-state index >= 15 is 0 Å². The fourth-order valence-corrected chi connectivity index (χ4v) is 3.38. The third-order valence-corrected chi connectivity index (χ3v) is 4.84. The molecule has 0 heterocycles. The smallest absolute Gasteiger partial charge is 0.0681 e. The van der Waals surface area contributed by atoms with Crippen molar-refractivity contribution in [3.8, 4) is 0 Å². The second-order valence-corrected chi connectivity index (χ2v) is 6.60. The molecule has 4 nitrogen and oxygen atoms in total. The van der Waals surface area contributed by atoms with Crippen LogP contribution in [0.3, 0.4) is 0 Å². The van der Waals surface area contributed by atoms with Gasteiger partial charge in [0.1, 0.15) is 0 Å². The molecule has 0 rings (SSSR count). The van der Waals surface area contributed by atoms with Crippen LogP contribution in [0, 0.1) is 11.8 Å². The molecule has 0 aliphatic heterocycles. The minimum Gasteiger partial charge on any atom is -0.545 e. The van der Waals surface area contributed by atoms with E-state index in [-0.39, 0.29) is 23.0 Å². The van der Waals surface area contributed by atoms with Crippen molar-refractivity contribution in [3.63, 3.8) is 0 Å². The minimum absolute atomic E-state index is 0.0167. The van der Waals surface area contributed by atoms with E-state index in [0.29, 0.717) is 25.7 Å². The Morgan fingerprint density at radius 3 is 1.21 bits per heavy atom. The van der Waals surface area contributed by atoms with Crippen molar-refractivity contribution in [1.29, 1.82) is 0 Å². The van der Waals surface area contributed by atoms with Crippen LogP contribution in [0.4, 0.5) is 0 Å². The molecule has 0 saturated heterocycles. The molecule has 0 aromatic rings. The molecule has 2 atom stereocenters. The first-order valence-corrected chi connectivity index (χ1v) is 9.61. The second kappa shape index (κ2) is 13.0. The Balaban J connectivity index is 5.66. The highest BCUT2D eigenvalue weighted by atomic mass is 16.4. The summed E-state index contributed by atoms with van der Waals surface area (Å²) in [6, 6.07) is 0. The lowest BCUT2D eigenvalue weighted by molar-refractivity contribution is -0.305. The van der Waals surface area contributed by atoms with Crippen LogP contribution < -0.4 is 10.2 Å². The average Bonchev–Trinajstić information content (AvgIpc) is 2.54. The summed E-state index contributed by atoms with van der Waals surface area (Å²) in [7, 11) is 0. The first-order chi connectivity index (χ1) is 11.4. The summed E-state index contributed by atoms with van der Waals surface area (Å²) in [5.74, 6) is -3.22. The Morgan fingerprint density at radius 2 is 1.00 bits per heavy atom. The Kier molecular flexibility index (Phi) is 12.3. The third kappa shape index (κ3) is 7.50. The largest absolute Gasteiger partial charge is 0.545 e. The molecule has 0 fully saturated rings. The number of rotatable bonds is 14. The number of hydrogen-bond acceptors (Lipinski definition) is 4. The SMILES string of the molecule is CCCCCC(CC)/C(C(=O)[O-])=C(/C(=O)[O-])C(CC)CCCCC. The van der Waals surface area contributed by atoms with Gasteiger partial charge in [-0.05, 0) is 48.7 Å². The van der Waals surface area contributed by atoms with E-state index < -0.39 is 11.9 Å². The first kappa shape index (κ1) is 22.7. The number of unbranched alkanes of at least 4 members (excludes halogenated alkanes) is 4. The van der Waals surface area contributed by atoms with Gasteiger partial charge in [-0.2, -0.15) is 0 Å². The normalized spacial score (nSPS) is 14.8. The summed E-state index contributed by atoms with van der Waals surface area (Å²) in [5, 5.41) is 23.5. The molecular weight excluding hydrogens is 304 g/mol. The summed E-state index contributed by atoms with van der Waals surface area (Å²) >= 11 is 0. The molecule has 0 aromatic carbocycles. The zero-order valence-corrected chi connectivity index (χ0v) is 15.9. The Morgan fingerprint density at radius 1 is 0.667 bits per heavy atom. The van der Waals surface area contributed by atoms with Gasteiger partial charge in [-0.25, -0.2) is 0 Å². The van der Waals surface area contributed by atoms with Crippen molar-refractivity contribution in [2.45, 2.75) is 91.9 Å². The fraction of sp³-hybridized carbons (Fsp3) is 0.800. The van der Waals surface area contributed by atoms with Gasteiger partial charge in [-0.3, -0.25) is 0 Å². The standard InChI is InChI=1S/C20H36O4/c1-5-9-11-13-15(7-3)17(19(21)22)18(20(23)24)16(8-4)14-12-10-6-2/h15-16H,5-14H2,1-4H3,(H,21,22)(H,23,24)/p-2/b18-17-. The highest BCUT2D eigenvalue weighted by Crippen LogP contribution is 2.31. The molecule has 0 aliphatic rings. The molecular formula is C20H34O4-2. The van der Waals surface area contributed by atoms with E-state index in [9.17, 15) is 19.8 Å². The average molecular weight is 338 g/mol. The summed E-state index contributed by atoms with van der Waals surface area (Å²) in [5.41, 5.74) is -0.0334. The highest BCUT2D eigenvalue weighted by molar-refractivity contribution is 5.97. The van der Waals surface area contributed by atoms with Crippen LogP contribution in [0.25, 0.3) is 0 Å². The molecule has 0 amide bonds. The lowest BCUT2D eigenvalue weighted by atomic mass is 9.80. The van der Waals surface area contributed by atoms with Crippen LogP contribution in [0.2, 0.25) is 0 Å². The molecule has 0 spiro atoms. The van der Waals surface area contributed by atoms with Gasteiger partial charge in [0.05, 0.1) is 11.9 Å². The molecule has 0 bridgehead atoms. The molecule has 140 valence electrons. The van der Waals surface area contributed by atoms with Crippen molar-refractivity contribution in [2.75, 3.05) is 0 Å². The van der Waals surface area contributed by atoms with Gasteiger partial charge in [0.15, 0.2) is 0 Å². The van der Waals surface area contributed by atoms with E-state index in [2.05, 4.69) is 13.8 Å². The summed E-state index contributed by atoms with van der Waals surface area (Å²) < 4.78 is 0. The van der Waals surface area contributed by atoms with Crippen LogP contribution in [0.15, 0.2) is 11.1 Å². The van der Waals surface area contributed by atoms with Gasteiger partial charge < -0.3 is 19.8 Å². The predicted molar refractivity (Wildman–Crippen MR) is 92.9 cm³/mol. The molecule has 4 heteroatoms. The fourth-order valence-electron chi connectivity index (χ4n) is 3.38. The molecule has 0 saturated carbocycles. The van der Waals surface area contributed by atoms with Crippen molar-refractivity contribution in [1.82, 2.24) is 0 Å². The van der Waals surface area contributed by atoms with Crippen LogP contribution in [-0.2, 0) is 9.59 Å². The van der Waals surface area contributed by atoms with E-state index in [1.165, 1.54) is 0 Å². The minimum atomic E-state index is -1.34. The lowest BCUT2D eigenvalue weighted by Crippen LogP contribution is -2.37. The van der Waals surface area contributed by atoms with Crippen molar-refractivity contribution in [2.24, 2.45) is 11.8 Å². The molecule has 0 aliphatic carbocycles. The molecule has 2 unspecified atom stereocenters. The van der Waals surface area contributed by atoms with Crippen molar-refractivity contribution < 1.29 is 19.8 Å². The number of hydrogen-bond donors (Lipinski definition) is 0. The van der Waals surface area contributed by atoms with E-state index in [4.69, 9.17) is 0 Å². The Bertz CT molecular complexity index is 374. The molecule has 0 aromatic heterocycles. The molecule has 24 heavy (non-hydrogen) atoms. The van der Waals surface area contributed by atoms with Crippen LogP contribution in [0.5, 0.6) is 0 Å². The quantitative estimate of drug-likeness (QED) is 0.360. The number of carbonyl (C=O) groups is 2. The van der Waals surface area contributed by atoms with Crippen LogP contribution in [-0.4, -0.2) is 11.9 Å². The third-order valence-electron chi connectivity index (χ3n) is 4.84. The second-order valence-electron chi connectivity index (χ2n) is 6.60. The van der Waals surface area contributed by atoms with E-state index in [0.717, 1.165) is 38.5 Å². The zero-order valence-electron chi connectivity index (χ0n) is 15.9. The molecule has 0 radical (unpaired) electrons. The Labute approximate surface area is 147 Å².